The maximum Gasteiger partial charge on any atom is 0.327 e. The Hall–Kier alpha value is -5.14. The molecule has 2 aromatic rings. The lowest BCUT2D eigenvalue weighted by atomic mass is 9.74. The van der Waals surface area contributed by atoms with Gasteiger partial charge >= 0.3 is 12.1 Å². The van der Waals surface area contributed by atoms with E-state index >= 15 is 0 Å². The molecule has 14 nitrogen and oxygen atoms in total. The van der Waals surface area contributed by atoms with Crippen molar-refractivity contribution in [1.29, 1.82) is 0 Å². The number of ether oxygens (including phenoxy) is 3. The van der Waals surface area contributed by atoms with Gasteiger partial charge in [0, 0.05) is 25.2 Å². The molecule has 1 N–H and O–H groups in total. The van der Waals surface area contributed by atoms with Gasteiger partial charge in [-0.1, -0.05) is 19.3 Å². The van der Waals surface area contributed by atoms with Crippen LogP contribution in [0.25, 0.3) is 0 Å². The molecule has 0 bridgehead atoms. The van der Waals surface area contributed by atoms with Gasteiger partial charge in [-0.2, -0.15) is 0 Å². The van der Waals surface area contributed by atoms with Crippen LogP contribution in [0.5, 0.6) is 23.0 Å². The maximum absolute atomic E-state index is 14.0. The van der Waals surface area contributed by atoms with Crippen molar-refractivity contribution >= 4 is 35.4 Å². The molecule has 3 aliphatic heterocycles. The lowest BCUT2D eigenvalue weighted by molar-refractivity contribution is -0.136. The minimum atomic E-state index is -1.25. The van der Waals surface area contributed by atoms with Crippen LogP contribution in [0.3, 0.4) is 0 Å². The molecule has 0 aromatic heterocycles. The molecule has 4 fully saturated rings. The smallest absolute Gasteiger partial charge is 0.327 e. The van der Waals surface area contributed by atoms with Gasteiger partial charge in [0.2, 0.25) is 6.79 Å². The Morgan fingerprint density at radius 1 is 0.736 bits per heavy atom. The first kappa shape index (κ1) is 36.2. The van der Waals surface area contributed by atoms with Crippen molar-refractivity contribution in [3.8, 4) is 23.0 Å². The van der Waals surface area contributed by atoms with Crippen molar-refractivity contribution in [2.24, 2.45) is 11.8 Å². The summed E-state index contributed by atoms with van der Waals surface area (Å²) in [6, 6.07) is 7.84. The van der Waals surface area contributed by atoms with Crippen LogP contribution in [0.15, 0.2) is 36.4 Å². The molecule has 3 heterocycles. The lowest BCUT2D eigenvalue weighted by Crippen LogP contribution is -2.53. The fraction of sp³-hybridized carbons (Fsp3) is 0.538. The second-order valence-corrected chi connectivity index (χ2v) is 15.3. The number of amides is 6. The first-order chi connectivity index (χ1) is 25.2. The molecule has 4 unspecified atom stereocenters. The van der Waals surface area contributed by atoms with Crippen molar-refractivity contribution < 1.29 is 48.1 Å². The number of phenols is 1. The molecule has 2 saturated carbocycles. The molecule has 4 atom stereocenters. The van der Waals surface area contributed by atoms with Crippen LogP contribution in [-0.4, -0.2) is 111 Å². The van der Waals surface area contributed by atoms with Gasteiger partial charge < -0.3 is 29.1 Å². The molecule has 2 aromatic carbocycles. The third-order valence-corrected chi connectivity index (χ3v) is 12.5. The fourth-order valence-corrected chi connectivity index (χ4v) is 8.87. The van der Waals surface area contributed by atoms with Crippen molar-refractivity contribution in [2.75, 3.05) is 34.0 Å². The minimum Gasteiger partial charge on any atom is -0.504 e. The summed E-state index contributed by atoms with van der Waals surface area (Å²) >= 11 is 0. The summed E-state index contributed by atoms with van der Waals surface area (Å²) in [6.45, 7) is 2.69. The predicted molar refractivity (Wildman–Crippen MR) is 189 cm³/mol. The lowest BCUT2D eigenvalue weighted by Gasteiger charge is -2.41. The summed E-state index contributed by atoms with van der Waals surface area (Å²) in [5.41, 5.74) is -1.79. The monoisotopic (exact) mass is 730 g/mol. The average Bonchev–Trinajstić information content (AvgIpc) is 3.76. The number of hydrogen-bond acceptors (Lipinski definition) is 10. The Morgan fingerprint density at radius 3 is 1.92 bits per heavy atom. The number of rotatable bonds is 10. The second kappa shape index (κ2) is 13.7. The number of ketones is 2. The quantitative estimate of drug-likeness (QED) is 0.260. The number of carbonyl (C=O) groups excluding carboxylic acids is 6. The Kier molecular flexibility index (Phi) is 9.35. The third kappa shape index (κ3) is 6.05. The van der Waals surface area contributed by atoms with Gasteiger partial charge in [-0.3, -0.25) is 29.0 Å². The molecule has 53 heavy (non-hydrogen) atoms. The van der Waals surface area contributed by atoms with E-state index in [0.29, 0.717) is 42.7 Å². The van der Waals surface area contributed by atoms with Gasteiger partial charge in [0.15, 0.2) is 34.6 Å². The summed E-state index contributed by atoms with van der Waals surface area (Å²) in [6.07, 6.45) is 6.60. The van der Waals surface area contributed by atoms with Crippen LogP contribution in [0.4, 0.5) is 9.59 Å². The minimum absolute atomic E-state index is 0.0253. The number of hydrogen-bond donors (Lipinski definition) is 1. The zero-order valence-electron chi connectivity index (χ0n) is 30.6. The second-order valence-electron chi connectivity index (χ2n) is 15.3. The Morgan fingerprint density at radius 2 is 1.28 bits per heavy atom. The summed E-state index contributed by atoms with van der Waals surface area (Å²) < 4.78 is 17.0. The van der Waals surface area contributed by atoms with Crippen LogP contribution in [0.1, 0.15) is 92.4 Å². The highest BCUT2D eigenvalue weighted by molar-refractivity contribution is 6.12. The number of Topliss-reactive ketones (excluding diaryl/α,β-unsaturated/α-hetero) is 2. The molecule has 0 spiro atoms. The average molecular weight is 731 g/mol. The molecular formula is C39H46N4O10. The number of aromatic hydroxyl groups is 1. The highest BCUT2D eigenvalue weighted by atomic mass is 16.7. The predicted octanol–water partition coefficient (Wildman–Crippen LogP) is 5.01. The van der Waals surface area contributed by atoms with E-state index < -0.39 is 59.8 Å². The number of imide groups is 2. The Balaban J connectivity index is 1.02. The standard InChI is InChI=1S/C39H46N4O10/c1-38(25-9-6-5-7-10-25)34(47)42(36(49)40(38)3)20-29(45)23-13-15-28(44)32(17-23)53-27-12-8-11-26(19-27)39(2)35(48)43(37(50)41(39)4)21-30(46)24-14-16-31-33(18-24)52-22-51-31/h13-18,25-27,44H,5-12,19-22H2,1-4H3. The summed E-state index contributed by atoms with van der Waals surface area (Å²) in [5.74, 6) is -1.23. The summed E-state index contributed by atoms with van der Waals surface area (Å²) in [4.78, 5) is 86.0. The Bertz CT molecular complexity index is 1880. The van der Waals surface area contributed by atoms with Gasteiger partial charge in [-0.15, -0.1) is 0 Å². The number of carbonyl (C=O) groups is 6. The van der Waals surface area contributed by atoms with E-state index in [9.17, 15) is 33.9 Å². The number of benzene rings is 2. The normalized spacial score (nSPS) is 27.6. The van der Waals surface area contributed by atoms with E-state index in [4.69, 9.17) is 14.2 Å². The Labute approximate surface area is 307 Å². The number of phenolic OH excluding ortho intramolecular Hbond substituents is 1. The third-order valence-electron chi connectivity index (χ3n) is 12.5. The van der Waals surface area contributed by atoms with Crippen molar-refractivity contribution in [3.05, 3.63) is 47.5 Å². The van der Waals surface area contributed by atoms with Crippen molar-refractivity contribution in [2.45, 2.75) is 88.8 Å². The van der Waals surface area contributed by atoms with Gasteiger partial charge in [0.1, 0.15) is 11.1 Å². The van der Waals surface area contributed by atoms with Crippen LogP contribution in [-0.2, 0) is 9.59 Å². The van der Waals surface area contributed by atoms with Crippen LogP contribution >= 0.6 is 0 Å². The molecular weight excluding hydrogens is 684 g/mol. The van der Waals surface area contributed by atoms with E-state index in [1.807, 2.05) is 0 Å². The van der Waals surface area contributed by atoms with E-state index in [0.717, 1.165) is 41.9 Å². The van der Waals surface area contributed by atoms with Crippen LogP contribution in [0.2, 0.25) is 0 Å². The zero-order chi connectivity index (χ0) is 37.8. The molecule has 7 rings (SSSR count). The number of nitrogens with zero attached hydrogens (tertiary/aromatic N) is 4. The first-order valence-electron chi connectivity index (χ1n) is 18.4. The topological polar surface area (TPSA) is 163 Å². The van der Waals surface area contributed by atoms with E-state index in [1.54, 1.807) is 40.1 Å². The summed E-state index contributed by atoms with van der Waals surface area (Å²) in [7, 11) is 3.18. The van der Waals surface area contributed by atoms with Crippen molar-refractivity contribution in [1.82, 2.24) is 19.6 Å². The largest absolute Gasteiger partial charge is 0.504 e. The molecule has 2 saturated heterocycles. The van der Waals surface area contributed by atoms with Crippen LogP contribution < -0.4 is 14.2 Å². The molecule has 6 amide bonds. The maximum atomic E-state index is 14.0. The van der Waals surface area contributed by atoms with Gasteiger partial charge in [0.05, 0.1) is 19.2 Å². The number of fused-ring (bicyclic) bond motifs is 1. The molecule has 5 aliphatic rings. The molecule has 2 aliphatic carbocycles. The van der Waals surface area contributed by atoms with E-state index in [2.05, 4.69) is 0 Å². The van der Waals surface area contributed by atoms with Gasteiger partial charge in [0.25, 0.3) is 11.8 Å². The highest BCUT2D eigenvalue weighted by Gasteiger charge is 2.58. The zero-order valence-corrected chi connectivity index (χ0v) is 30.6. The molecule has 14 heteroatoms. The fourth-order valence-electron chi connectivity index (χ4n) is 8.87. The highest BCUT2D eigenvalue weighted by Crippen LogP contribution is 2.44. The number of likely N-dealkylation sites (N-methyl/N-ethyl adjacent to an activating group) is 2. The van der Waals surface area contributed by atoms with Crippen molar-refractivity contribution in [3.63, 3.8) is 0 Å². The SMILES string of the molecule is CN1C(=O)N(CC(=O)c2ccc(O)c(OC3CCCC(C4(C)C(=O)N(CC(=O)c5ccc6c(c5)OCO6)C(=O)N4C)C3)c2)C(=O)C1(C)C1CCCCC1. The molecule has 282 valence electrons. The van der Waals surface area contributed by atoms with E-state index in [-0.39, 0.29) is 41.6 Å². The van der Waals surface area contributed by atoms with E-state index in [1.165, 1.54) is 34.1 Å². The number of urea groups is 2. The van der Waals surface area contributed by atoms with Gasteiger partial charge in [-0.25, -0.2) is 9.59 Å². The summed E-state index contributed by atoms with van der Waals surface area (Å²) in [5, 5.41) is 10.8. The van der Waals surface area contributed by atoms with Crippen LogP contribution in [0, 0.1) is 11.8 Å². The first-order valence-corrected chi connectivity index (χ1v) is 18.4. The van der Waals surface area contributed by atoms with Gasteiger partial charge in [-0.05, 0) is 101 Å². The molecule has 0 radical (unpaired) electrons.